The quantitative estimate of drug-likeness (QED) is 0.0345. The van der Waals surface area contributed by atoms with Gasteiger partial charge in [-0.1, -0.05) is 232 Å². The van der Waals surface area contributed by atoms with Crippen LogP contribution in [0.2, 0.25) is 0 Å². The molecule has 5 heteroatoms. The molecule has 0 aliphatic rings. The van der Waals surface area contributed by atoms with Gasteiger partial charge in [-0.3, -0.25) is 9.59 Å². The Balaban J connectivity index is 4.39. The van der Waals surface area contributed by atoms with Gasteiger partial charge in [-0.15, -0.1) is 0 Å². The highest BCUT2D eigenvalue weighted by atomic mass is 16.6. The molecule has 0 fully saturated rings. The van der Waals surface area contributed by atoms with E-state index in [2.05, 4.69) is 142 Å². The van der Waals surface area contributed by atoms with Gasteiger partial charge in [-0.25, -0.2) is 0 Å². The number of rotatable bonds is 52. The zero-order valence-electron chi connectivity index (χ0n) is 45.7. The van der Waals surface area contributed by atoms with Crippen LogP contribution in [0.15, 0.2) is 122 Å². The lowest BCUT2D eigenvalue weighted by atomic mass is 10.1. The second-order valence-corrected chi connectivity index (χ2v) is 18.8. The number of carbonyl (C=O) groups excluding carboxylic acids is 2. The Morgan fingerprint density at radius 3 is 1.04 bits per heavy atom. The fraction of sp³-hybridized carbons (Fsp3) is 0.662. The maximum absolute atomic E-state index is 12.9. The van der Waals surface area contributed by atoms with E-state index in [-0.39, 0.29) is 25.2 Å². The van der Waals surface area contributed by atoms with Crippen molar-refractivity contribution in [1.82, 2.24) is 0 Å². The van der Waals surface area contributed by atoms with E-state index in [9.17, 15) is 9.59 Å². The van der Waals surface area contributed by atoms with Crippen LogP contribution in [0.4, 0.5) is 0 Å². The fourth-order valence-corrected chi connectivity index (χ4v) is 7.70. The lowest BCUT2D eigenvalue weighted by Gasteiger charge is -2.18. The number of hydrogen-bond acceptors (Lipinski definition) is 5. The SMILES string of the molecule is CC/C=C\C/C=C\C/C=C\C/C=C\C/C=C\CCCCCCOCC(COC(=O)CCCCCCCC/C=C\C/C=C\C/C=C\C/C=C\CC)OC(=O)CCCCCCC/C=C\CCCCCCCC. The number of unbranched alkanes of at least 4 members (excludes halogenated alkanes) is 21. The molecular formula is C65H108O5. The van der Waals surface area contributed by atoms with E-state index < -0.39 is 6.10 Å². The monoisotopic (exact) mass is 969 g/mol. The summed E-state index contributed by atoms with van der Waals surface area (Å²) in [6.07, 6.45) is 83.6. The van der Waals surface area contributed by atoms with E-state index >= 15 is 0 Å². The van der Waals surface area contributed by atoms with Crippen molar-refractivity contribution in [1.29, 1.82) is 0 Å². The molecular weight excluding hydrogens is 861 g/mol. The largest absolute Gasteiger partial charge is 0.462 e. The number of esters is 2. The molecule has 0 rings (SSSR count). The number of ether oxygens (including phenoxy) is 3. The molecule has 0 saturated carbocycles. The van der Waals surface area contributed by atoms with Crippen LogP contribution in [0.1, 0.15) is 252 Å². The van der Waals surface area contributed by atoms with Crippen molar-refractivity contribution in [3.63, 3.8) is 0 Å². The second kappa shape index (κ2) is 59.6. The number of allylic oxidation sites excluding steroid dienone is 20. The van der Waals surface area contributed by atoms with Gasteiger partial charge in [0.25, 0.3) is 0 Å². The van der Waals surface area contributed by atoms with Crippen LogP contribution in [0.3, 0.4) is 0 Å². The van der Waals surface area contributed by atoms with Gasteiger partial charge in [-0.05, 0) is 128 Å². The van der Waals surface area contributed by atoms with Gasteiger partial charge in [0.15, 0.2) is 6.10 Å². The van der Waals surface area contributed by atoms with Crippen LogP contribution < -0.4 is 0 Å². The fourth-order valence-electron chi connectivity index (χ4n) is 7.70. The van der Waals surface area contributed by atoms with Crippen molar-refractivity contribution >= 4 is 11.9 Å². The van der Waals surface area contributed by atoms with Gasteiger partial charge in [-0.2, -0.15) is 0 Å². The predicted molar refractivity (Wildman–Crippen MR) is 306 cm³/mol. The minimum Gasteiger partial charge on any atom is -0.462 e. The zero-order chi connectivity index (χ0) is 50.6. The van der Waals surface area contributed by atoms with Crippen molar-refractivity contribution < 1.29 is 23.8 Å². The Kier molecular flexibility index (Phi) is 56.5. The third-order valence-corrected chi connectivity index (χ3v) is 12.0. The number of carbonyl (C=O) groups is 2. The zero-order valence-corrected chi connectivity index (χ0v) is 45.7. The molecule has 0 aliphatic carbocycles. The smallest absolute Gasteiger partial charge is 0.306 e. The first-order valence-electron chi connectivity index (χ1n) is 29.1. The highest BCUT2D eigenvalue weighted by molar-refractivity contribution is 5.70. The third kappa shape index (κ3) is 56.9. The van der Waals surface area contributed by atoms with Crippen molar-refractivity contribution in [2.24, 2.45) is 0 Å². The van der Waals surface area contributed by atoms with Gasteiger partial charge in [0, 0.05) is 19.4 Å². The summed E-state index contributed by atoms with van der Waals surface area (Å²) in [4.78, 5) is 25.5. The van der Waals surface area contributed by atoms with Crippen LogP contribution in [0.5, 0.6) is 0 Å². The van der Waals surface area contributed by atoms with E-state index in [4.69, 9.17) is 14.2 Å². The van der Waals surface area contributed by atoms with Gasteiger partial charge in [0.05, 0.1) is 6.61 Å². The molecule has 0 aliphatic heterocycles. The van der Waals surface area contributed by atoms with Gasteiger partial charge in [0.1, 0.15) is 6.61 Å². The molecule has 0 aromatic rings. The molecule has 0 spiro atoms. The summed E-state index contributed by atoms with van der Waals surface area (Å²) in [5.41, 5.74) is 0. The molecule has 0 aromatic carbocycles. The average molecular weight is 970 g/mol. The highest BCUT2D eigenvalue weighted by Gasteiger charge is 2.17. The molecule has 0 aromatic heterocycles. The van der Waals surface area contributed by atoms with E-state index in [1.165, 1.54) is 83.5 Å². The highest BCUT2D eigenvalue weighted by Crippen LogP contribution is 2.13. The van der Waals surface area contributed by atoms with Gasteiger partial charge < -0.3 is 14.2 Å². The van der Waals surface area contributed by atoms with Gasteiger partial charge in [0.2, 0.25) is 0 Å². The lowest BCUT2D eigenvalue weighted by molar-refractivity contribution is -0.163. The minimum absolute atomic E-state index is 0.0570. The molecule has 1 atom stereocenters. The van der Waals surface area contributed by atoms with Crippen molar-refractivity contribution in [3.05, 3.63) is 122 Å². The van der Waals surface area contributed by atoms with Crippen LogP contribution in [-0.2, 0) is 23.8 Å². The van der Waals surface area contributed by atoms with Crippen LogP contribution >= 0.6 is 0 Å². The van der Waals surface area contributed by atoms with Crippen molar-refractivity contribution in [3.8, 4) is 0 Å². The molecule has 0 N–H and O–H groups in total. The van der Waals surface area contributed by atoms with E-state index in [0.717, 1.165) is 135 Å². The van der Waals surface area contributed by atoms with Crippen LogP contribution in [0.25, 0.3) is 0 Å². The Morgan fingerprint density at radius 2 is 0.643 bits per heavy atom. The van der Waals surface area contributed by atoms with Gasteiger partial charge >= 0.3 is 11.9 Å². The summed E-state index contributed by atoms with van der Waals surface area (Å²) in [5.74, 6) is -0.440. The summed E-state index contributed by atoms with van der Waals surface area (Å²) in [7, 11) is 0. The standard InChI is InChI=1S/C65H108O5/c1-4-7-10-13-16-19-22-25-28-30-32-34-36-39-42-45-48-51-54-57-60-68-61-63(70-65(67)59-56-53-50-47-44-41-37-27-24-21-18-15-12-9-6-3)62-69-64(66)58-55-52-49-46-43-40-38-35-33-31-29-26-23-20-17-14-11-8-5-2/h7-8,10-11,16-17,19-20,25-29,32-35,37,39,42,63H,4-6,9,12-15,18,21-24,30-31,36,38,40-41,43-62H2,1-3H3/b10-7-,11-8-,19-16-,20-17-,28-25-,29-26-,34-32-,35-33-,37-27-,42-39-. The van der Waals surface area contributed by atoms with Crippen LogP contribution in [0, 0.1) is 0 Å². The first-order valence-corrected chi connectivity index (χ1v) is 29.1. The van der Waals surface area contributed by atoms with Crippen LogP contribution in [-0.4, -0.2) is 37.9 Å². The van der Waals surface area contributed by atoms with Crippen molar-refractivity contribution in [2.45, 2.75) is 258 Å². The molecule has 5 nitrogen and oxygen atoms in total. The predicted octanol–water partition coefficient (Wildman–Crippen LogP) is 20.1. The first kappa shape index (κ1) is 66.3. The van der Waals surface area contributed by atoms with E-state index in [0.29, 0.717) is 19.4 Å². The molecule has 70 heavy (non-hydrogen) atoms. The summed E-state index contributed by atoms with van der Waals surface area (Å²) in [6.45, 7) is 7.52. The second-order valence-electron chi connectivity index (χ2n) is 18.8. The molecule has 0 saturated heterocycles. The maximum Gasteiger partial charge on any atom is 0.306 e. The Morgan fingerprint density at radius 1 is 0.329 bits per heavy atom. The minimum atomic E-state index is -0.569. The normalized spacial score (nSPS) is 13.1. The summed E-state index contributed by atoms with van der Waals surface area (Å²) < 4.78 is 17.4. The molecule has 0 radical (unpaired) electrons. The first-order chi connectivity index (χ1) is 34.6. The molecule has 0 bridgehead atoms. The summed E-state index contributed by atoms with van der Waals surface area (Å²) in [5, 5.41) is 0. The maximum atomic E-state index is 12.9. The van der Waals surface area contributed by atoms with E-state index in [1.54, 1.807) is 0 Å². The van der Waals surface area contributed by atoms with E-state index in [1.807, 2.05) is 0 Å². The molecule has 0 heterocycles. The Bertz CT molecular complexity index is 1420. The molecule has 0 amide bonds. The molecule has 398 valence electrons. The topological polar surface area (TPSA) is 61.8 Å². The molecule has 1 unspecified atom stereocenters. The third-order valence-electron chi connectivity index (χ3n) is 12.0. The number of hydrogen-bond donors (Lipinski definition) is 0. The lowest BCUT2D eigenvalue weighted by Crippen LogP contribution is -2.30. The summed E-state index contributed by atoms with van der Waals surface area (Å²) >= 11 is 0. The Hall–Kier alpha value is -3.70. The average Bonchev–Trinajstić information content (AvgIpc) is 3.36. The summed E-state index contributed by atoms with van der Waals surface area (Å²) in [6, 6.07) is 0. The van der Waals surface area contributed by atoms with Crippen molar-refractivity contribution in [2.75, 3.05) is 19.8 Å². The Labute approximate surface area is 433 Å².